The smallest absolute Gasteiger partial charge is 0.218 e. The number of aliphatic imine (C=N–C) groups is 2. The molecule has 0 bridgehead atoms. The molecule has 0 saturated heterocycles. The average molecular weight is 326 g/mol. The molecule has 0 saturated carbocycles. The summed E-state index contributed by atoms with van der Waals surface area (Å²) in [6.45, 7) is 0.526. The van der Waals surface area contributed by atoms with Crippen molar-refractivity contribution in [2.45, 2.75) is 12.8 Å². The Hall–Kier alpha value is -2.08. The van der Waals surface area contributed by atoms with Crippen LogP contribution in [0.15, 0.2) is 34.3 Å². The Morgan fingerprint density at radius 1 is 1.32 bits per heavy atom. The minimum Gasteiger partial charge on any atom is -0.369 e. The predicted molar refractivity (Wildman–Crippen MR) is 91.7 cm³/mol. The molecule has 0 radical (unpaired) electrons. The third-order valence-electron chi connectivity index (χ3n) is 3.32. The first-order chi connectivity index (χ1) is 9.97. The number of hydrogen-bond acceptors (Lipinski definition) is 1. The van der Waals surface area contributed by atoms with E-state index in [1.165, 1.54) is 11.6 Å². The van der Waals surface area contributed by atoms with Gasteiger partial charge < -0.3 is 16.4 Å². The molecule has 0 spiro atoms. The Labute approximate surface area is 136 Å². The summed E-state index contributed by atoms with van der Waals surface area (Å²) in [5.74, 6) is 0.287. The van der Waals surface area contributed by atoms with Gasteiger partial charge in [-0.1, -0.05) is 12.1 Å². The monoisotopic (exact) mass is 325 g/mol. The zero-order valence-electron chi connectivity index (χ0n) is 12.7. The van der Waals surface area contributed by atoms with Gasteiger partial charge >= 0.3 is 0 Å². The standard InChI is InChI=1S/C15H20FN5.ClH/c1-21(2)15(18)20-14(17)19-8-7-10-3-4-11-9-12(16)5-6-13(10)11;/h3,5-6,9H,4,7-8H2,1-2H3,(H4,17,18,19,20);1H. The van der Waals surface area contributed by atoms with E-state index >= 15 is 0 Å². The largest absolute Gasteiger partial charge is 0.369 e. The molecule has 0 aliphatic heterocycles. The van der Waals surface area contributed by atoms with Gasteiger partial charge in [0, 0.05) is 20.6 Å². The second-order valence-corrected chi connectivity index (χ2v) is 5.09. The summed E-state index contributed by atoms with van der Waals surface area (Å²) in [7, 11) is 3.57. The van der Waals surface area contributed by atoms with E-state index in [1.54, 1.807) is 25.1 Å². The van der Waals surface area contributed by atoms with Crippen molar-refractivity contribution in [2.75, 3.05) is 20.6 Å². The summed E-state index contributed by atoms with van der Waals surface area (Å²) >= 11 is 0. The number of benzene rings is 1. The third-order valence-corrected chi connectivity index (χ3v) is 3.32. The van der Waals surface area contributed by atoms with Gasteiger partial charge in [0.05, 0.1) is 0 Å². The Morgan fingerprint density at radius 2 is 2.05 bits per heavy atom. The zero-order chi connectivity index (χ0) is 15.4. The van der Waals surface area contributed by atoms with E-state index in [0.717, 1.165) is 24.0 Å². The number of allylic oxidation sites excluding steroid dienone is 1. The number of fused-ring (bicyclic) bond motifs is 1. The van der Waals surface area contributed by atoms with Crippen molar-refractivity contribution in [3.63, 3.8) is 0 Å². The summed E-state index contributed by atoms with van der Waals surface area (Å²) in [4.78, 5) is 9.82. The SMILES string of the molecule is CN(C)C(N)=NC(N)=NCCC1=CCc2cc(F)ccc21.Cl. The first kappa shape index (κ1) is 18.0. The van der Waals surface area contributed by atoms with E-state index in [4.69, 9.17) is 11.5 Å². The molecule has 0 amide bonds. The third kappa shape index (κ3) is 4.46. The fraction of sp³-hybridized carbons (Fsp3) is 0.333. The van der Waals surface area contributed by atoms with E-state index in [1.807, 2.05) is 6.07 Å². The van der Waals surface area contributed by atoms with Gasteiger partial charge in [-0.25, -0.2) is 4.39 Å². The Balaban J connectivity index is 0.00000242. The van der Waals surface area contributed by atoms with E-state index < -0.39 is 0 Å². The highest BCUT2D eigenvalue weighted by Gasteiger charge is 2.13. The lowest BCUT2D eigenvalue weighted by Gasteiger charge is -2.09. The van der Waals surface area contributed by atoms with Gasteiger partial charge in [-0.05, 0) is 41.7 Å². The van der Waals surface area contributed by atoms with Crippen molar-refractivity contribution in [3.05, 3.63) is 41.2 Å². The van der Waals surface area contributed by atoms with Crippen LogP contribution >= 0.6 is 12.4 Å². The lowest BCUT2D eigenvalue weighted by molar-refractivity contribution is 0.615. The van der Waals surface area contributed by atoms with Crippen molar-refractivity contribution in [1.29, 1.82) is 0 Å². The second kappa shape index (κ2) is 7.79. The first-order valence-corrected chi connectivity index (χ1v) is 6.76. The van der Waals surface area contributed by atoms with Gasteiger partial charge in [0.25, 0.3) is 0 Å². The maximum atomic E-state index is 13.1. The van der Waals surface area contributed by atoms with Crippen molar-refractivity contribution < 1.29 is 4.39 Å². The lowest BCUT2D eigenvalue weighted by Crippen LogP contribution is -2.32. The van der Waals surface area contributed by atoms with E-state index in [9.17, 15) is 4.39 Å². The van der Waals surface area contributed by atoms with Gasteiger partial charge in [-0.2, -0.15) is 4.99 Å². The Bertz CT molecular complexity index is 622. The van der Waals surface area contributed by atoms with Crippen LogP contribution in [0.4, 0.5) is 4.39 Å². The highest BCUT2D eigenvalue weighted by atomic mass is 35.5. The lowest BCUT2D eigenvalue weighted by atomic mass is 10.0. The predicted octanol–water partition coefficient (Wildman–Crippen LogP) is 1.77. The second-order valence-electron chi connectivity index (χ2n) is 5.09. The van der Waals surface area contributed by atoms with Crippen LogP contribution in [0.25, 0.3) is 5.57 Å². The summed E-state index contributed by atoms with van der Waals surface area (Å²) in [5, 5.41) is 0. The maximum absolute atomic E-state index is 13.1. The summed E-state index contributed by atoms with van der Waals surface area (Å²) < 4.78 is 13.1. The summed E-state index contributed by atoms with van der Waals surface area (Å²) in [6, 6.07) is 4.88. The Kier molecular flexibility index (Phi) is 6.37. The zero-order valence-corrected chi connectivity index (χ0v) is 13.5. The molecule has 5 nitrogen and oxygen atoms in total. The van der Waals surface area contributed by atoms with E-state index in [0.29, 0.717) is 12.5 Å². The molecule has 7 heteroatoms. The molecule has 1 aliphatic carbocycles. The van der Waals surface area contributed by atoms with Gasteiger partial charge in [-0.3, -0.25) is 4.99 Å². The van der Waals surface area contributed by atoms with Crippen LogP contribution in [-0.2, 0) is 6.42 Å². The number of guanidine groups is 2. The van der Waals surface area contributed by atoms with Crippen LogP contribution in [0, 0.1) is 5.82 Å². The molecule has 22 heavy (non-hydrogen) atoms. The van der Waals surface area contributed by atoms with Crippen molar-refractivity contribution in [1.82, 2.24) is 4.90 Å². The van der Waals surface area contributed by atoms with Gasteiger partial charge in [0.15, 0.2) is 5.96 Å². The van der Waals surface area contributed by atoms with Gasteiger partial charge in [0.2, 0.25) is 5.96 Å². The molecule has 0 unspecified atom stereocenters. The minimum absolute atomic E-state index is 0. The fourth-order valence-electron chi connectivity index (χ4n) is 2.17. The molecule has 0 atom stereocenters. The number of nitrogens with zero attached hydrogens (tertiary/aromatic N) is 3. The van der Waals surface area contributed by atoms with Crippen LogP contribution in [0.1, 0.15) is 17.5 Å². The average Bonchev–Trinajstić information content (AvgIpc) is 2.81. The van der Waals surface area contributed by atoms with E-state index in [-0.39, 0.29) is 24.2 Å². The molecule has 0 fully saturated rings. The first-order valence-electron chi connectivity index (χ1n) is 6.76. The van der Waals surface area contributed by atoms with E-state index in [2.05, 4.69) is 16.1 Å². The minimum atomic E-state index is -0.195. The van der Waals surface area contributed by atoms with Gasteiger partial charge in [-0.15, -0.1) is 12.4 Å². The number of rotatable bonds is 3. The molecular weight excluding hydrogens is 305 g/mol. The van der Waals surface area contributed by atoms with Crippen LogP contribution in [-0.4, -0.2) is 37.5 Å². The molecule has 0 aromatic heterocycles. The van der Waals surface area contributed by atoms with Crippen LogP contribution in [0.3, 0.4) is 0 Å². The quantitative estimate of drug-likeness (QED) is 0.656. The van der Waals surface area contributed by atoms with Crippen LogP contribution < -0.4 is 11.5 Å². The molecule has 1 aromatic rings. The number of hydrogen-bond donors (Lipinski definition) is 2. The maximum Gasteiger partial charge on any atom is 0.218 e. The topological polar surface area (TPSA) is 80.0 Å². The molecule has 1 aliphatic rings. The number of nitrogens with two attached hydrogens (primary N) is 2. The molecule has 2 rings (SSSR count). The molecule has 0 heterocycles. The summed E-state index contributed by atoms with van der Waals surface area (Å²) in [5.41, 5.74) is 14.7. The van der Waals surface area contributed by atoms with Gasteiger partial charge in [0.1, 0.15) is 5.82 Å². The van der Waals surface area contributed by atoms with Crippen LogP contribution in [0.2, 0.25) is 0 Å². The summed E-state index contributed by atoms with van der Waals surface area (Å²) in [6.07, 6.45) is 3.62. The molecular formula is C15H21ClFN5. The van der Waals surface area contributed by atoms with Crippen molar-refractivity contribution >= 4 is 29.9 Å². The molecule has 120 valence electrons. The number of halogens is 2. The van der Waals surface area contributed by atoms with Crippen LogP contribution in [0.5, 0.6) is 0 Å². The highest BCUT2D eigenvalue weighted by molar-refractivity contribution is 5.93. The Morgan fingerprint density at radius 3 is 2.73 bits per heavy atom. The highest BCUT2D eigenvalue weighted by Crippen LogP contribution is 2.30. The normalized spacial score (nSPS) is 14.2. The molecule has 4 N–H and O–H groups in total. The van der Waals surface area contributed by atoms with Crippen molar-refractivity contribution in [2.24, 2.45) is 21.5 Å². The van der Waals surface area contributed by atoms with Crippen molar-refractivity contribution in [3.8, 4) is 0 Å². The molecule has 1 aromatic carbocycles. The fourth-order valence-corrected chi connectivity index (χ4v) is 2.17.